The number of aryl methyl sites for hydroxylation is 2. The molecule has 4 rings (SSSR count). The summed E-state index contributed by atoms with van der Waals surface area (Å²) in [5.41, 5.74) is 5.71. The Hall–Kier alpha value is -1.35. The highest BCUT2D eigenvalue weighted by molar-refractivity contribution is 8.16. The predicted octanol–water partition coefficient (Wildman–Crippen LogP) is 4.05. The van der Waals surface area contributed by atoms with Crippen molar-refractivity contribution in [3.8, 4) is 0 Å². The minimum absolute atomic E-state index is 0.363. The van der Waals surface area contributed by atoms with Gasteiger partial charge in [-0.2, -0.15) is 0 Å². The average Bonchev–Trinajstić information content (AvgIpc) is 3.31. The van der Waals surface area contributed by atoms with E-state index in [2.05, 4.69) is 15.7 Å². The molecule has 0 aromatic heterocycles. The number of carbonyl (C=O) groups excluding carboxylic acids is 1. The molecular formula is C21H29N3O3S2. The number of fused-ring (bicyclic) bond motifs is 2. The summed E-state index contributed by atoms with van der Waals surface area (Å²) in [6.45, 7) is 5.28. The van der Waals surface area contributed by atoms with Gasteiger partial charge in [-0.05, 0) is 98.4 Å². The molecule has 2 atom stereocenters. The smallest absolute Gasteiger partial charge is 0.354 e. The van der Waals surface area contributed by atoms with Crippen molar-refractivity contribution < 1.29 is 14.1 Å². The maximum atomic E-state index is 13.1. The molecule has 1 aliphatic heterocycles. The maximum absolute atomic E-state index is 13.1. The molecule has 1 aromatic rings. The first-order valence-corrected chi connectivity index (χ1v) is 12.7. The number of nitrogens with two attached hydrogens (primary N) is 1. The summed E-state index contributed by atoms with van der Waals surface area (Å²) in [6, 6.07) is 1.66. The number of thioether (sulfide) groups is 1. The van der Waals surface area contributed by atoms with Gasteiger partial charge < -0.3 is 10.4 Å². The van der Waals surface area contributed by atoms with Gasteiger partial charge in [0, 0.05) is 5.69 Å². The third-order valence-corrected chi connectivity index (χ3v) is 9.67. The van der Waals surface area contributed by atoms with Gasteiger partial charge in [-0.25, -0.2) is 14.1 Å². The Balaban J connectivity index is 1.58. The summed E-state index contributed by atoms with van der Waals surface area (Å²) in [4.78, 5) is 13.6. The van der Waals surface area contributed by atoms with E-state index in [9.17, 15) is 14.1 Å². The number of benzene rings is 1. The van der Waals surface area contributed by atoms with Gasteiger partial charge in [0.1, 0.15) is 14.5 Å². The molecule has 6 nitrogen and oxygen atoms in total. The molecule has 1 heterocycles. The van der Waals surface area contributed by atoms with Gasteiger partial charge in [-0.3, -0.25) is 0 Å². The highest BCUT2D eigenvalue weighted by atomic mass is 32.3. The van der Waals surface area contributed by atoms with E-state index in [0.29, 0.717) is 6.42 Å². The number of rotatable bonds is 3. The van der Waals surface area contributed by atoms with E-state index < -0.39 is 26.1 Å². The maximum Gasteiger partial charge on any atom is 0.354 e. The fraction of sp³-hybridized carbons (Fsp3) is 0.571. The van der Waals surface area contributed by atoms with Crippen LogP contribution in [0.3, 0.4) is 0 Å². The standard InChI is InChI=1S/C21H29N3O3S2/c1-12-17(21(2,3)26)11-18(28-12)29(22,27)24-20(25)23-19-15-8-4-6-13(15)10-14-7-5-9-16(14)19/h10,18,26H,4-9,11H2,1-3H3,(H3,22,23,24,25,27). The predicted molar refractivity (Wildman–Crippen MR) is 119 cm³/mol. The summed E-state index contributed by atoms with van der Waals surface area (Å²) < 4.78 is 16.5. The zero-order valence-corrected chi connectivity index (χ0v) is 18.8. The number of amides is 2. The van der Waals surface area contributed by atoms with Gasteiger partial charge in [0.05, 0.1) is 5.60 Å². The number of nitrogens with zero attached hydrogens (tertiary/aromatic N) is 1. The highest BCUT2D eigenvalue weighted by Crippen LogP contribution is 2.44. The van der Waals surface area contributed by atoms with Crippen LogP contribution < -0.4 is 10.5 Å². The van der Waals surface area contributed by atoms with Crippen molar-refractivity contribution in [1.82, 2.24) is 0 Å². The normalized spacial score (nSPS) is 23.0. The largest absolute Gasteiger partial charge is 0.386 e. The van der Waals surface area contributed by atoms with Crippen molar-refractivity contribution >= 4 is 33.4 Å². The summed E-state index contributed by atoms with van der Waals surface area (Å²) in [7, 11) is -3.26. The number of hydrogen-bond donors (Lipinski definition) is 3. The number of aliphatic hydroxyl groups is 1. The van der Waals surface area contributed by atoms with Crippen molar-refractivity contribution in [2.75, 3.05) is 5.32 Å². The van der Waals surface area contributed by atoms with Gasteiger partial charge in [0.2, 0.25) is 0 Å². The first kappa shape index (κ1) is 20.9. The molecule has 0 saturated heterocycles. The Morgan fingerprint density at radius 3 is 2.34 bits per heavy atom. The third-order valence-electron chi connectivity index (χ3n) is 6.15. The molecule has 2 amide bonds. The first-order valence-electron chi connectivity index (χ1n) is 10.2. The Morgan fingerprint density at radius 1 is 1.24 bits per heavy atom. The molecule has 158 valence electrons. The van der Waals surface area contributed by atoms with Gasteiger partial charge in [-0.1, -0.05) is 6.07 Å². The van der Waals surface area contributed by atoms with E-state index in [1.165, 1.54) is 34.0 Å². The molecule has 4 N–H and O–H groups in total. The topological polar surface area (TPSA) is 105 Å². The van der Waals surface area contributed by atoms with Crippen molar-refractivity contribution in [3.63, 3.8) is 0 Å². The monoisotopic (exact) mass is 435 g/mol. The van der Waals surface area contributed by atoms with Crippen molar-refractivity contribution in [2.45, 2.75) is 75.9 Å². The Kier molecular flexibility index (Phi) is 5.34. The lowest BCUT2D eigenvalue weighted by Gasteiger charge is -2.20. The Labute approximate surface area is 177 Å². The number of nitrogens with one attached hydrogen (secondary N) is 1. The molecule has 0 saturated carbocycles. The van der Waals surface area contributed by atoms with Gasteiger partial charge in [0.25, 0.3) is 0 Å². The van der Waals surface area contributed by atoms with Crippen molar-refractivity contribution in [1.29, 1.82) is 0 Å². The first-order chi connectivity index (χ1) is 13.6. The van der Waals surface area contributed by atoms with E-state index in [4.69, 9.17) is 5.14 Å². The molecule has 29 heavy (non-hydrogen) atoms. The van der Waals surface area contributed by atoms with E-state index in [-0.39, 0.29) is 0 Å². The number of urea groups is 1. The van der Waals surface area contributed by atoms with Crippen LogP contribution in [-0.2, 0) is 35.6 Å². The fourth-order valence-corrected chi connectivity index (χ4v) is 7.84. The molecule has 8 heteroatoms. The molecule has 1 aromatic carbocycles. The molecule has 2 aliphatic carbocycles. The molecule has 3 aliphatic rings. The minimum Gasteiger partial charge on any atom is -0.386 e. The van der Waals surface area contributed by atoms with E-state index in [1.54, 1.807) is 13.8 Å². The number of carbonyl (C=O) groups is 1. The SMILES string of the molecule is CC1=C(C(C)(C)O)CC(S(N)(=O)=NC(=O)Nc2c3c(cc4c2CCC4)CCC3)S1. The van der Waals surface area contributed by atoms with E-state index in [1.807, 2.05) is 6.92 Å². The number of allylic oxidation sites excluding steroid dienone is 1. The quantitative estimate of drug-likeness (QED) is 0.666. The van der Waals surface area contributed by atoms with Gasteiger partial charge in [-0.15, -0.1) is 16.1 Å². The lowest BCUT2D eigenvalue weighted by atomic mass is 9.96. The zero-order chi connectivity index (χ0) is 21.0. The van der Waals surface area contributed by atoms with E-state index >= 15 is 0 Å². The van der Waals surface area contributed by atoms with Crippen LogP contribution in [0.15, 0.2) is 20.9 Å². The van der Waals surface area contributed by atoms with Crippen LogP contribution in [0.4, 0.5) is 10.5 Å². The lowest BCUT2D eigenvalue weighted by Crippen LogP contribution is -2.29. The second kappa shape index (κ2) is 7.41. The second-order valence-electron chi connectivity index (χ2n) is 8.71. The Bertz CT molecular complexity index is 998. The number of hydrogen-bond acceptors (Lipinski definition) is 4. The van der Waals surface area contributed by atoms with Crippen LogP contribution in [0.2, 0.25) is 0 Å². The van der Waals surface area contributed by atoms with Crippen LogP contribution >= 0.6 is 11.8 Å². The zero-order valence-electron chi connectivity index (χ0n) is 17.2. The molecule has 0 bridgehead atoms. The average molecular weight is 436 g/mol. The van der Waals surface area contributed by atoms with Crippen LogP contribution in [0.1, 0.15) is 62.3 Å². The minimum atomic E-state index is -3.26. The highest BCUT2D eigenvalue weighted by Gasteiger charge is 2.36. The lowest BCUT2D eigenvalue weighted by molar-refractivity contribution is 0.116. The molecule has 2 unspecified atom stereocenters. The van der Waals surface area contributed by atoms with Gasteiger partial charge >= 0.3 is 6.03 Å². The van der Waals surface area contributed by atoms with Crippen LogP contribution in [-0.4, -0.2) is 25.5 Å². The molecule has 0 radical (unpaired) electrons. The summed E-state index contributed by atoms with van der Waals surface area (Å²) in [6.07, 6.45) is 6.53. The molecule has 0 fully saturated rings. The fourth-order valence-electron chi connectivity index (χ4n) is 4.77. The van der Waals surface area contributed by atoms with E-state index in [0.717, 1.165) is 54.7 Å². The second-order valence-corrected chi connectivity index (χ2v) is 12.4. The van der Waals surface area contributed by atoms with Crippen LogP contribution in [0.25, 0.3) is 0 Å². The van der Waals surface area contributed by atoms with Gasteiger partial charge in [0.15, 0.2) is 0 Å². The van der Waals surface area contributed by atoms with Crippen LogP contribution in [0.5, 0.6) is 0 Å². The summed E-state index contributed by atoms with van der Waals surface area (Å²) in [5.74, 6) is 0. The Morgan fingerprint density at radius 2 is 1.83 bits per heavy atom. The number of anilines is 1. The van der Waals surface area contributed by atoms with Crippen LogP contribution in [0, 0.1) is 0 Å². The molecule has 0 spiro atoms. The van der Waals surface area contributed by atoms with Crippen molar-refractivity contribution in [3.05, 3.63) is 38.8 Å². The molecular weight excluding hydrogens is 406 g/mol. The van der Waals surface area contributed by atoms with Crippen molar-refractivity contribution in [2.24, 2.45) is 9.50 Å². The third kappa shape index (κ3) is 4.00. The summed E-state index contributed by atoms with van der Waals surface area (Å²) in [5, 5.41) is 19.3. The summed E-state index contributed by atoms with van der Waals surface area (Å²) >= 11 is 1.34.